The summed E-state index contributed by atoms with van der Waals surface area (Å²) in [5.74, 6) is 0.651. The smallest absolute Gasteiger partial charge is 0.138 e. The van der Waals surface area contributed by atoms with Gasteiger partial charge >= 0.3 is 0 Å². The van der Waals surface area contributed by atoms with E-state index in [1.165, 1.54) is 9.90 Å². The zero-order valence-electron chi connectivity index (χ0n) is 12.2. The van der Waals surface area contributed by atoms with Gasteiger partial charge in [-0.05, 0) is 36.0 Å². The minimum absolute atomic E-state index is 0.651. The van der Waals surface area contributed by atoms with Gasteiger partial charge in [-0.3, -0.25) is 0 Å². The quantitative estimate of drug-likeness (QED) is 0.735. The molecule has 0 aliphatic heterocycles. The van der Waals surface area contributed by atoms with Crippen LogP contribution in [0.5, 0.6) is 0 Å². The molecule has 0 fully saturated rings. The molecule has 0 radical (unpaired) electrons. The SMILES string of the molecule is CC(C)CNCc1c(Sc2cccs2)nc2ccccn12. The lowest BCUT2D eigenvalue weighted by Gasteiger charge is -2.08. The van der Waals surface area contributed by atoms with Crippen molar-refractivity contribution >= 4 is 28.7 Å². The van der Waals surface area contributed by atoms with Crippen molar-refractivity contribution in [3.63, 3.8) is 0 Å². The van der Waals surface area contributed by atoms with E-state index >= 15 is 0 Å². The molecular weight excluding hydrogens is 298 g/mol. The highest BCUT2D eigenvalue weighted by Gasteiger charge is 2.13. The zero-order chi connectivity index (χ0) is 14.7. The predicted molar refractivity (Wildman–Crippen MR) is 90.2 cm³/mol. The Morgan fingerprint density at radius 2 is 2.19 bits per heavy atom. The van der Waals surface area contributed by atoms with Gasteiger partial charge in [-0.25, -0.2) is 4.98 Å². The number of nitrogens with one attached hydrogen (secondary N) is 1. The van der Waals surface area contributed by atoms with E-state index in [2.05, 4.69) is 59.4 Å². The molecule has 0 amide bonds. The molecule has 0 bridgehead atoms. The van der Waals surface area contributed by atoms with E-state index in [9.17, 15) is 0 Å². The second kappa shape index (κ2) is 6.64. The summed E-state index contributed by atoms with van der Waals surface area (Å²) in [7, 11) is 0. The standard InChI is InChI=1S/C16H19N3S2/c1-12(2)10-17-11-13-16(21-15-7-5-9-20-15)18-14-6-3-4-8-19(13)14/h3-9,12,17H,10-11H2,1-2H3. The van der Waals surface area contributed by atoms with Crippen molar-refractivity contribution in [2.24, 2.45) is 5.92 Å². The number of hydrogen-bond acceptors (Lipinski definition) is 4. The van der Waals surface area contributed by atoms with Gasteiger partial charge in [0.1, 0.15) is 10.7 Å². The highest BCUT2D eigenvalue weighted by atomic mass is 32.2. The van der Waals surface area contributed by atoms with Crippen molar-refractivity contribution in [1.29, 1.82) is 0 Å². The number of pyridine rings is 1. The van der Waals surface area contributed by atoms with Crippen LogP contribution >= 0.6 is 23.1 Å². The summed E-state index contributed by atoms with van der Waals surface area (Å²) in [6, 6.07) is 10.4. The number of hydrogen-bond donors (Lipinski definition) is 1. The van der Waals surface area contributed by atoms with E-state index in [4.69, 9.17) is 4.98 Å². The number of aromatic nitrogens is 2. The lowest BCUT2D eigenvalue weighted by Crippen LogP contribution is -2.20. The molecule has 0 aliphatic carbocycles. The summed E-state index contributed by atoms with van der Waals surface area (Å²) in [4.78, 5) is 4.78. The van der Waals surface area contributed by atoms with Gasteiger partial charge in [0.25, 0.3) is 0 Å². The van der Waals surface area contributed by atoms with Gasteiger partial charge in [-0.15, -0.1) is 11.3 Å². The highest BCUT2D eigenvalue weighted by Crippen LogP contribution is 2.33. The Hall–Kier alpha value is -1.30. The fraction of sp³-hybridized carbons (Fsp3) is 0.312. The molecule has 3 aromatic rings. The summed E-state index contributed by atoms with van der Waals surface area (Å²) in [5.41, 5.74) is 2.25. The third-order valence-corrected chi connectivity index (χ3v) is 5.19. The Balaban J connectivity index is 1.89. The van der Waals surface area contributed by atoms with Crippen LogP contribution in [0.25, 0.3) is 5.65 Å². The molecule has 0 aromatic carbocycles. The molecule has 110 valence electrons. The van der Waals surface area contributed by atoms with Gasteiger partial charge in [-0.2, -0.15) is 0 Å². The van der Waals surface area contributed by atoms with Crippen LogP contribution in [0.15, 0.2) is 51.1 Å². The van der Waals surface area contributed by atoms with Crippen LogP contribution in [0.4, 0.5) is 0 Å². The lowest BCUT2D eigenvalue weighted by atomic mass is 10.2. The fourth-order valence-electron chi connectivity index (χ4n) is 2.16. The first-order chi connectivity index (χ1) is 10.2. The molecule has 0 atom stereocenters. The number of imidazole rings is 1. The molecule has 3 nitrogen and oxygen atoms in total. The van der Waals surface area contributed by atoms with Gasteiger partial charge in [0, 0.05) is 12.7 Å². The first-order valence-corrected chi connectivity index (χ1v) is 8.81. The first kappa shape index (κ1) is 14.6. The summed E-state index contributed by atoms with van der Waals surface area (Å²) in [5, 5.41) is 6.73. The molecule has 0 saturated carbocycles. The van der Waals surface area contributed by atoms with E-state index in [0.29, 0.717) is 5.92 Å². The number of rotatable bonds is 6. The summed E-state index contributed by atoms with van der Waals surface area (Å²) in [6.45, 7) is 6.31. The maximum absolute atomic E-state index is 4.78. The third kappa shape index (κ3) is 3.48. The highest BCUT2D eigenvalue weighted by molar-refractivity contribution is 8.01. The molecule has 3 heterocycles. The predicted octanol–water partition coefficient (Wildman–Crippen LogP) is 4.29. The average Bonchev–Trinajstić information content (AvgIpc) is 3.07. The molecule has 21 heavy (non-hydrogen) atoms. The normalized spacial score (nSPS) is 11.6. The second-order valence-electron chi connectivity index (χ2n) is 5.35. The van der Waals surface area contributed by atoms with E-state index in [1.807, 2.05) is 6.07 Å². The topological polar surface area (TPSA) is 29.3 Å². The molecule has 3 aromatic heterocycles. The molecular formula is C16H19N3S2. The van der Waals surface area contributed by atoms with E-state index < -0.39 is 0 Å². The molecule has 1 N–H and O–H groups in total. The van der Waals surface area contributed by atoms with E-state index in [0.717, 1.165) is 23.8 Å². The average molecular weight is 317 g/mol. The second-order valence-corrected chi connectivity index (χ2v) is 7.59. The molecule has 0 aliphatic rings. The Morgan fingerprint density at radius 1 is 1.29 bits per heavy atom. The molecule has 0 saturated heterocycles. The summed E-state index contributed by atoms with van der Waals surface area (Å²) >= 11 is 3.51. The van der Waals surface area contributed by atoms with Crippen LogP contribution in [0.2, 0.25) is 0 Å². The van der Waals surface area contributed by atoms with Crippen molar-refractivity contribution in [1.82, 2.24) is 14.7 Å². The maximum atomic E-state index is 4.78. The van der Waals surface area contributed by atoms with E-state index in [1.54, 1.807) is 23.1 Å². The minimum atomic E-state index is 0.651. The van der Waals surface area contributed by atoms with Gasteiger partial charge in [0.05, 0.1) is 9.90 Å². The molecule has 3 rings (SSSR count). The van der Waals surface area contributed by atoms with Crippen molar-refractivity contribution in [2.75, 3.05) is 6.54 Å². The monoisotopic (exact) mass is 317 g/mol. The largest absolute Gasteiger partial charge is 0.311 e. The minimum Gasteiger partial charge on any atom is -0.311 e. The molecule has 0 unspecified atom stereocenters. The summed E-state index contributed by atoms with van der Waals surface area (Å²) in [6.07, 6.45) is 2.09. The third-order valence-electron chi connectivity index (χ3n) is 3.13. The Kier molecular flexibility index (Phi) is 4.63. The number of nitrogens with zero attached hydrogens (tertiary/aromatic N) is 2. The van der Waals surface area contributed by atoms with Crippen LogP contribution in [0, 0.1) is 5.92 Å². The van der Waals surface area contributed by atoms with Crippen LogP contribution in [0.3, 0.4) is 0 Å². The lowest BCUT2D eigenvalue weighted by molar-refractivity contribution is 0.544. The van der Waals surface area contributed by atoms with Crippen LogP contribution in [-0.4, -0.2) is 15.9 Å². The van der Waals surface area contributed by atoms with Crippen molar-refractivity contribution in [3.8, 4) is 0 Å². The number of thiophene rings is 1. The summed E-state index contributed by atoms with van der Waals surface area (Å²) < 4.78 is 3.46. The van der Waals surface area contributed by atoms with Crippen LogP contribution in [-0.2, 0) is 6.54 Å². The Labute approximate surface area is 133 Å². The Bertz CT molecular complexity index is 701. The van der Waals surface area contributed by atoms with Crippen molar-refractivity contribution in [2.45, 2.75) is 29.6 Å². The molecule has 0 spiro atoms. The zero-order valence-corrected chi connectivity index (χ0v) is 13.9. The van der Waals surface area contributed by atoms with Gasteiger partial charge < -0.3 is 9.72 Å². The van der Waals surface area contributed by atoms with Crippen LogP contribution in [0.1, 0.15) is 19.5 Å². The fourth-order valence-corrected chi connectivity index (χ4v) is 3.97. The van der Waals surface area contributed by atoms with Crippen molar-refractivity contribution < 1.29 is 0 Å². The first-order valence-electron chi connectivity index (χ1n) is 7.12. The van der Waals surface area contributed by atoms with Crippen LogP contribution < -0.4 is 5.32 Å². The maximum Gasteiger partial charge on any atom is 0.138 e. The Morgan fingerprint density at radius 3 is 2.95 bits per heavy atom. The van der Waals surface area contributed by atoms with Gasteiger partial charge in [0.2, 0.25) is 0 Å². The van der Waals surface area contributed by atoms with Gasteiger partial charge in [0.15, 0.2) is 0 Å². The van der Waals surface area contributed by atoms with Crippen molar-refractivity contribution in [3.05, 3.63) is 47.6 Å². The van der Waals surface area contributed by atoms with Gasteiger partial charge in [-0.1, -0.05) is 37.7 Å². The van der Waals surface area contributed by atoms with E-state index in [-0.39, 0.29) is 0 Å². The number of fused-ring (bicyclic) bond motifs is 1. The molecule has 5 heteroatoms.